The number of rotatable bonds is 3. The highest BCUT2D eigenvalue weighted by Crippen LogP contribution is 2.27. The number of amides is 1. The fourth-order valence-corrected chi connectivity index (χ4v) is 4.25. The molecule has 4 rings (SSSR count). The molecular weight excluding hydrogens is 318 g/mol. The molecular formula is C19H21N3OS. The summed E-state index contributed by atoms with van der Waals surface area (Å²) in [6, 6.07) is 7.99. The number of nitrogens with one attached hydrogen (secondary N) is 1. The predicted molar refractivity (Wildman–Crippen MR) is 98.4 cm³/mol. The van der Waals surface area contributed by atoms with Crippen molar-refractivity contribution in [1.82, 2.24) is 9.38 Å². The minimum absolute atomic E-state index is 0.161. The molecule has 0 spiro atoms. The lowest BCUT2D eigenvalue weighted by Gasteiger charge is -2.20. The second kappa shape index (κ2) is 6.40. The molecule has 1 aromatic carbocycles. The molecule has 1 saturated carbocycles. The number of aryl methyl sites for hydroxylation is 1. The van der Waals surface area contributed by atoms with Crippen LogP contribution in [0.5, 0.6) is 0 Å². The first kappa shape index (κ1) is 15.4. The van der Waals surface area contributed by atoms with E-state index in [2.05, 4.69) is 33.2 Å². The molecule has 3 aromatic rings. The maximum Gasteiger partial charge on any atom is 0.227 e. The maximum atomic E-state index is 12.4. The number of hydrogen-bond donors (Lipinski definition) is 1. The van der Waals surface area contributed by atoms with E-state index in [9.17, 15) is 4.79 Å². The fourth-order valence-electron chi connectivity index (χ4n) is 3.40. The van der Waals surface area contributed by atoms with Crippen molar-refractivity contribution in [2.75, 3.05) is 5.32 Å². The minimum atomic E-state index is 0.161. The average molecular weight is 339 g/mol. The van der Waals surface area contributed by atoms with Crippen molar-refractivity contribution in [3.8, 4) is 11.3 Å². The number of anilines is 1. The van der Waals surface area contributed by atoms with Gasteiger partial charge < -0.3 is 5.32 Å². The van der Waals surface area contributed by atoms with Crippen LogP contribution in [0.3, 0.4) is 0 Å². The second-order valence-corrected chi connectivity index (χ2v) is 7.40. The summed E-state index contributed by atoms with van der Waals surface area (Å²) in [6.07, 6.45) is 7.69. The van der Waals surface area contributed by atoms with Crippen molar-refractivity contribution < 1.29 is 4.79 Å². The zero-order valence-electron chi connectivity index (χ0n) is 13.8. The van der Waals surface area contributed by atoms with E-state index in [0.29, 0.717) is 0 Å². The summed E-state index contributed by atoms with van der Waals surface area (Å²) in [7, 11) is 0. The Morgan fingerprint density at radius 2 is 2.12 bits per heavy atom. The number of nitrogens with zero attached hydrogens (tertiary/aromatic N) is 2. The van der Waals surface area contributed by atoms with Crippen molar-refractivity contribution in [2.24, 2.45) is 5.92 Å². The first-order valence-electron chi connectivity index (χ1n) is 8.55. The van der Waals surface area contributed by atoms with Crippen molar-refractivity contribution in [1.29, 1.82) is 0 Å². The summed E-state index contributed by atoms with van der Waals surface area (Å²) in [4.78, 5) is 18.1. The van der Waals surface area contributed by atoms with Gasteiger partial charge in [0.2, 0.25) is 5.91 Å². The van der Waals surface area contributed by atoms with E-state index in [0.717, 1.165) is 34.7 Å². The first-order chi connectivity index (χ1) is 11.7. The Bertz CT molecular complexity index is 874. The lowest BCUT2D eigenvalue weighted by atomic mass is 9.88. The minimum Gasteiger partial charge on any atom is -0.326 e. The van der Waals surface area contributed by atoms with Crippen molar-refractivity contribution in [2.45, 2.75) is 39.0 Å². The van der Waals surface area contributed by atoms with E-state index in [4.69, 9.17) is 0 Å². The molecule has 1 fully saturated rings. The van der Waals surface area contributed by atoms with Crippen LogP contribution in [0, 0.1) is 12.8 Å². The van der Waals surface area contributed by atoms with E-state index in [1.54, 1.807) is 11.3 Å². The zero-order valence-corrected chi connectivity index (χ0v) is 14.6. The van der Waals surface area contributed by atoms with Crippen LogP contribution in [0.2, 0.25) is 0 Å². The monoisotopic (exact) mass is 339 g/mol. The van der Waals surface area contributed by atoms with Gasteiger partial charge >= 0.3 is 0 Å². The van der Waals surface area contributed by atoms with E-state index < -0.39 is 0 Å². The van der Waals surface area contributed by atoms with Crippen LogP contribution in [0.15, 0.2) is 35.8 Å². The van der Waals surface area contributed by atoms with E-state index in [1.165, 1.54) is 25.0 Å². The van der Waals surface area contributed by atoms with E-state index in [-0.39, 0.29) is 11.8 Å². The van der Waals surface area contributed by atoms with Gasteiger partial charge in [0.05, 0.1) is 5.69 Å². The Balaban J connectivity index is 1.55. The highest BCUT2D eigenvalue weighted by Gasteiger charge is 2.21. The Morgan fingerprint density at radius 3 is 2.92 bits per heavy atom. The van der Waals surface area contributed by atoms with Gasteiger partial charge in [-0.3, -0.25) is 9.20 Å². The topological polar surface area (TPSA) is 46.4 Å². The molecule has 1 aliphatic rings. The predicted octanol–water partition coefficient (Wildman–Crippen LogP) is 4.89. The molecule has 1 N–H and O–H groups in total. The number of benzene rings is 1. The highest BCUT2D eigenvalue weighted by atomic mass is 32.1. The molecule has 2 aromatic heterocycles. The smallest absolute Gasteiger partial charge is 0.227 e. The van der Waals surface area contributed by atoms with Gasteiger partial charge in [0.25, 0.3) is 0 Å². The number of hydrogen-bond acceptors (Lipinski definition) is 3. The van der Waals surface area contributed by atoms with Gasteiger partial charge in [-0.1, -0.05) is 31.4 Å². The number of aromatic nitrogens is 2. The number of fused-ring (bicyclic) bond motifs is 1. The summed E-state index contributed by atoms with van der Waals surface area (Å²) in [6.45, 7) is 2.08. The lowest BCUT2D eigenvalue weighted by molar-refractivity contribution is -0.120. The summed E-state index contributed by atoms with van der Waals surface area (Å²) in [5, 5.41) is 5.19. The number of imidazole rings is 1. The Hall–Kier alpha value is -2.14. The largest absolute Gasteiger partial charge is 0.326 e. The standard InChI is InChI=1S/C19H21N3OS/c1-13-12-24-19-21-17(11-22(13)19)15-8-5-9-16(10-15)20-18(23)14-6-3-2-4-7-14/h5,8-12,14H,2-4,6-7H2,1H3,(H,20,23). The van der Waals surface area contributed by atoms with Gasteiger partial charge in [-0.05, 0) is 31.9 Å². The third-order valence-electron chi connectivity index (χ3n) is 4.79. The van der Waals surface area contributed by atoms with Gasteiger partial charge in [-0.25, -0.2) is 4.98 Å². The molecule has 4 nitrogen and oxygen atoms in total. The molecule has 1 aliphatic carbocycles. The van der Waals surface area contributed by atoms with E-state index >= 15 is 0 Å². The Morgan fingerprint density at radius 1 is 1.29 bits per heavy atom. The lowest BCUT2D eigenvalue weighted by Crippen LogP contribution is -2.24. The molecule has 5 heteroatoms. The van der Waals surface area contributed by atoms with Crippen molar-refractivity contribution >= 4 is 27.9 Å². The fraction of sp³-hybridized carbons (Fsp3) is 0.368. The molecule has 0 atom stereocenters. The van der Waals surface area contributed by atoms with Crippen LogP contribution in [0.4, 0.5) is 5.69 Å². The maximum absolute atomic E-state index is 12.4. The van der Waals surface area contributed by atoms with Crippen molar-refractivity contribution in [3.05, 3.63) is 41.5 Å². The summed E-state index contributed by atoms with van der Waals surface area (Å²) < 4.78 is 2.10. The van der Waals surface area contributed by atoms with Crippen LogP contribution in [0.1, 0.15) is 37.8 Å². The third kappa shape index (κ3) is 2.96. The van der Waals surface area contributed by atoms with Gasteiger partial charge in [-0.15, -0.1) is 11.3 Å². The SMILES string of the molecule is Cc1csc2nc(-c3cccc(NC(=O)C4CCCCC4)c3)cn12. The highest BCUT2D eigenvalue weighted by molar-refractivity contribution is 7.15. The van der Waals surface area contributed by atoms with Gasteiger partial charge in [0.1, 0.15) is 0 Å². The molecule has 0 radical (unpaired) electrons. The third-order valence-corrected chi connectivity index (χ3v) is 5.75. The molecule has 0 saturated heterocycles. The van der Waals surface area contributed by atoms with Crippen LogP contribution in [-0.4, -0.2) is 15.3 Å². The van der Waals surface area contributed by atoms with E-state index in [1.807, 2.05) is 24.3 Å². The Kier molecular flexibility index (Phi) is 4.10. The molecule has 0 bridgehead atoms. The van der Waals surface area contributed by atoms with Crippen LogP contribution in [-0.2, 0) is 4.79 Å². The Labute approximate surface area is 145 Å². The molecule has 2 heterocycles. The second-order valence-electron chi connectivity index (χ2n) is 6.56. The van der Waals surface area contributed by atoms with Gasteiger partial charge in [-0.2, -0.15) is 0 Å². The summed E-state index contributed by atoms with van der Waals surface area (Å²) >= 11 is 1.65. The normalized spacial score (nSPS) is 15.7. The van der Waals surface area contributed by atoms with Crippen LogP contribution < -0.4 is 5.32 Å². The summed E-state index contributed by atoms with van der Waals surface area (Å²) in [5.74, 6) is 0.330. The van der Waals surface area contributed by atoms with Crippen molar-refractivity contribution in [3.63, 3.8) is 0 Å². The number of carbonyl (C=O) groups excluding carboxylic acids is 1. The molecule has 24 heavy (non-hydrogen) atoms. The molecule has 0 aliphatic heterocycles. The first-order valence-corrected chi connectivity index (χ1v) is 9.43. The molecule has 1 amide bonds. The average Bonchev–Trinajstić information content (AvgIpc) is 3.18. The molecule has 0 unspecified atom stereocenters. The number of carbonyl (C=O) groups is 1. The van der Waals surface area contributed by atoms with Crippen LogP contribution >= 0.6 is 11.3 Å². The quantitative estimate of drug-likeness (QED) is 0.738. The van der Waals surface area contributed by atoms with Crippen LogP contribution in [0.25, 0.3) is 16.2 Å². The summed E-state index contributed by atoms with van der Waals surface area (Å²) in [5.41, 5.74) is 4.03. The molecule has 124 valence electrons. The van der Waals surface area contributed by atoms with Gasteiger partial charge in [0.15, 0.2) is 4.96 Å². The van der Waals surface area contributed by atoms with Gasteiger partial charge in [0, 0.05) is 34.4 Å². The zero-order chi connectivity index (χ0) is 16.5. The number of thiazole rings is 1.